The van der Waals surface area contributed by atoms with E-state index >= 15 is 0 Å². The van der Waals surface area contributed by atoms with Gasteiger partial charge in [-0.3, -0.25) is 4.98 Å². The molecule has 18 heavy (non-hydrogen) atoms. The molecule has 0 saturated heterocycles. The molecule has 0 amide bonds. The summed E-state index contributed by atoms with van der Waals surface area (Å²) in [5.74, 6) is 0. The summed E-state index contributed by atoms with van der Waals surface area (Å²) in [5.41, 5.74) is 1.85. The molecule has 0 saturated carbocycles. The predicted molar refractivity (Wildman–Crippen MR) is 80.7 cm³/mol. The van der Waals surface area contributed by atoms with Gasteiger partial charge in [-0.2, -0.15) is 0 Å². The predicted octanol–water partition coefficient (Wildman–Crippen LogP) is 5.67. The zero-order valence-corrected chi connectivity index (χ0v) is 13.1. The quantitative estimate of drug-likeness (QED) is 0.638. The molecule has 1 aromatic heterocycles. The van der Waals surface area contributed by atoms with Crippen molar-refractivity contribution in [2.75, 3.05) is 0 Å². The van der Waals surface area contributed by atoms with Crippen LogP contribution in [0, 0.1) is 0 Å². The normalized spacial score (nSPS) is 12.4. The largest absolute Gasteiger partial charge is 0.263 e. The molecule has 5 heteroatoms. The van der Waals surface area contributed by atoms with Crippen LogP contribution in [0.1, 0.15) is 16.5 Å². The fourth-order valence-corrected chi connectivity index (χ4v) is 2.87. The van der Waals surface area contributed by atoms with Crippen LogP contribution < -0.4 is 0 Å². The minimum atomic E-state index is -0.227. The van der Waals surface area contributed by atoms with E-state index in [-0.39, 0.29) is 5.38 Å². The van der Waals surface area contributed by atoms with E-state index in [1.807, 2.05) is 24.3 Å². The lowest BCUT2D eigenvalue weighted by Gasteiger charge is -2.13. The van der Waals surface area contributed by atoms with E-state index in [1.54, 1.807) is 12.4 Å². The topological polar surface area (TPSA) is 12.9 Å². The Labute approximate surface area is 129 Å². The maximum absolute atomic E-state index is 6.41. The maximum atomic E-state index is 6.41. The summed E-state index contributed by atoms with van der Waals surface area (Å²) in [6.45, 7) is 0. The average Bonchev–Trinajstić information content (AvgIpc) is 2.35. The minimum Gasteiger partial charge on any atom is -0.263 e. The van der Waals surface area contributed by atoms with Crippen molar-refractivity contribution in [1.29, 1.82) is 0 Å². The smallest absolute Gasteiger partial charge is 0.0641 e. The van der Waals surface area contributed by atoms with Crippen LogP contribution in [0.2, 0.25) is 10.0 Å². The van der Waals surface area contributed by atoms with Crippen molar-refractivity contribution in [3.8, 4) is 0 Å². The number of hydrogen-bond donors (Lipinski definition) is 0. The molecule has 0 aliphatic carbocycles. The van der Waals surface area contributed by atoms with Gasteiger partial charge in [0.15, 0.2) is 0 Å². The molecular weight excluding hydrogens is 356 g/mol. The molecule has 1 atom stereocenters. The van der Waals surface area contributed by atoms with E-state index in [2.05, 4.69) is 20.9 Å². The van der Waals surface area contributed by atoms with Crippen LogP contribution in [-0.2, 0) is 6.42 Å². The first-order valence-electron chi connectivity index (χ1n) is 5.26. The second-order valence-corrected chi connectivity index (χ2v) is 5.95. The van der Waals surface area contributed by atoms with Gasteiger partial charge in [-0.05, 0) is 45.6 Å². The van der Waals surface area contributed by atoms with E-state index in [4.69, 9.17) is 34.8 Å². The number of benzene rings is 1. The first-order valence-corrected chi connectivity index (χ1v) is 7.24. The van der Waals surface area contributed by atoms with Crippen LogP contribution in [-0.4, -0.2) is 4.98 Å². The number of rotatable bonds is 3. The molecule has 0 aliphatic rings. The van der Waals surface area contributed by atoms with Gasteiger partial charge in [-0.1, -0.05) is 35.3 Å². The standard InChI is InChI=1S/C13H9BrCl3N/c14-10-3-1-2-9(13(10)17)11(15)6-8-4-5-18-7-12(8)16/h1-5,7,11H,6H2. The van der Waals surface area contributed by atoms with Gasteiger partial charge in [-0.15, -0.1) is 11.6 Å². The molecule has 1 unspecified atom stereocenters. The highest BCUT2D eigenvalue weighted by molar-refractivity contribution is 9.10. The Morgan fingerprint density at radius 3 is 2.72 bits per heavy atom. The number of hydrogen-bond acceptors (Lipinski definition) is 1. The second kappa shape index (κ2) is 6.25. The molecule has 94 valence electrons. The second-order valence-electron chi connectivity index (χ2n) is 3.78. The lowest BCUT2D eigenvalue weighted by Crippen LogP contribution is -1.98. The fourth-order valence-electron chi connectivity index (χ4n) is 1.63. The highest BCUT2D eigenvalue weighted by Gasteiger charge is 2.15. The average molecular weight is 365 g/mol. The van der Waals surface area contributed by atoms with E-state index in [0.29, 0.717) is 16.5 Å². The lowest BCUT2D eigenvalue weighted by molar-refractivity contribution is 0.916. The molecule has 0 aliphatic heterocycles. The van der Waals surface area contributed by atoms with Crippen molar-refractivity contribution in [2.24, 2.45) is 0 Å². The van der Waals surface area contributed by atoms with Gasteiger partial charge in [0.2, 0.25) is 0 Å². The van der Waals surface area contributed by atoms with Crippen LogP contribution >= 0.6 is 50.7 Å². The van der Waals surface area contributed by atoms with Crippen molar-refractivity contribution in [3.63, 3.8) is 0 Å². The highest BCUT2D eigenvalue weighted by Crippen LogP contribution is 2.35. The highest BCUT2D eigenvalue weighted by atomic mass is 79.9. The third kappa shape index (κ3) is 3.18. The van der Waals surface area contributed by atoms with Gasteiger partial charge in [-0.25, -0.2) is 0 Å². The van der Waals surface area contributed by atoms with E-state index in [9.17, 15) is 0 Å². The molecule has 2 aromatic rings. The van der Waals surface area contributed by atoms with Crippen molar-refractivity contribution < 1.29 is 0 Å². The molecule has 0 fully saturated rings. The maximum Gasteiger partial charge on any atom is 0.0641 e. The van der Waals surface area contributed by atoms with Gasteiger partial charge >= 0.3 is 0 Å². The molecule has 2 rings (SSSR count). The summed E-state index contributed by atoms with van der Waals surface area (Å²) >= 11 is 22.1. The zero-order chi connectivity index (χ0) is 13.1. The zero-order valence-electron chi connectivity index (χ0n) is 9.21. The summed E-state index contributed by atoms with van der Waals surface area (Å²) in [6.07, 6.45) is 3.93. The summed E-state index contributed by atoms with van der Waals surface area (Å²) in [4.78, 5) is 3.95. The van der Waals surface area contributed by atoms with Gasteiger partial charge in [0, 0.05) is 16.9 Å². The monoisotopic (exact) mass is 363 g/mol. The number of halogens is 4. The van der Waals surface area contributed by atoms with Crippen LogP contribution in [0.25, 0.3) is 0 Å². The van der Waals surface area contributed by atoms with Crippen LogP contribution in [0.5, 0.6) is 0 Å². The molecule has 1 heterocycles. The Kier molecular flexibility index (Phi) is 4.91. The number of aromatic nitrogens is 1. The third-order valence-electron chi connectivity index (χ3n) is 2.57. The fraction of sp³-hybridized carbons (Fsp3) is 0.154. The Hall–Kier alpha value is -0.280. The summed E-state index contributed by atoms with van der Waals surface area (Å²) < 4.78 is 0.841. The number of pyridine rings is 1. The van der Waals surface area contributed by atoms with Crippen molar-refractivity contribution >= 4 is 50.7 Å². The van der Waals surface area contributed by atoms with Gasteiger partial charge < -0.3 is 0 Å². The molecule has 1 aromatic carbocycles. The Balaban J connectivity index is 2.25. The molecule has 0 N–H and O–H groups in total. The van der Waals surface area contributed by atoms with Crippen LogP contribution in [0.15, 0.2) is 41.1 Å². The SMILES string of the molecule is Clc1cnccc1CC(Cl)c1cccc(Br)c1Cl. The summed E-state index contributed by atoms with van der Waals surface area (Å²) in [7, 11) is 0. The molecule has 0 bridgehead atoms. The van der Waals surface area contributed by atoms with Gasteiger partial charge in [0.1, 0.15) is 0 Å². The molecule has 0 spiro atoms. The number of nitrogens with zero attached hydrogens (tertiary/aromatic N) is 1. The molecule has 0 radical (unpaired) electrons. The van der Waals surface area contributed by atoms with Crippen molar-refractivity contribution in [3.05, 3.63) is 62.3 Å². The molecule has 1 nitrogen and oxygen atoms in total. The van der Waals surface area contributed by atoms with Crippen molar-refractivity contribution in [1.82, 2.24) is 4.98 Å². The Morgan fingerprint density at radius 1 is 1.22 bits per heavy atom. The van der Waals surface area contributed by atoms with E-state index in [0.717, 1.165) is 15.6 Å². The van der Waals surface area contributed by atoms with E-state index < -0.39 is 0 Å². The Bertz CT molecular complexity index is 560. The first-order chi connectivity index (χ1) is 8.59. The van der Waals surface area contributed by atoms with E-state index in [1.165, 1.54) is 0 Å². The lowest BCUT2D eigenvalue weighted by atomic mass is 10.0. The van der Waals surface area contributed by atoms with Crippen LogP contribution in [0.4, 0.5) is 0 Å². The first kappa shape index (κ1) is 14.1. The summed E-state index contributed by atoms with van der Waals surface area (Å²) in [6, 6.07) is 7.58. The third-order valence-corrected chi connectivity index (χ3v) is 4.62. The Morgan fingerprint density at radius 2 is 2.00 bits per heavy atom. The minimum absolute atomic E-state index is 0.227. The molecular formula is C13H9BrCl3N. The van der Waals surface area contributed by atoms with Crippen LogP contribution in [0.3, 0.4) is 0 Å². The summed E-state index contributed by atoms with van der Waals surface area (Å²) in [5, 5.41) is 1.03. The number of alkyl halides is 1. The van der Waals surface area contributed by atoms with Crippen molar-refractivity contribution in [2.45, 2.75) is 11.8 Å². The van der Waals surface area contributed by atoms with Gasteiger partial charge in [0.05, 0.1) is 15.4 Å². The van der Waals surface area contributed by atoms with Gasteiger partial charge in [0.25, 0.3) is 0 Å².